The van der Waals surface area contributed by atoms with E-state index in [1.54, 1.807) is 0 Å². The van der Waals surface area contributed by atoms with Crippen LogP contribution in [0.5, 0.6) is 0 Å². The van der Waals surface area contributed by atoms with Crippen LogP contribution in [0.2, 0.25) is 0 Å². The molecule has 0 aromatic heterocycles. The van der Waals surface area contributed by atoms with E-state index in [9.17, 15) is 5.11 Å². The molecule has 3 N–H and O–H groups in total. The van der Waals surface area contributed by atoms with Gasteiger partial charge in [0.15, 0.2) is 0 Å². The number of aliphatic hydroxyl groups is 1. The van der Waals surface area contributed by atoms with Gasteiger partial charge in [-0.05, 0) is 44.6 Å². The van der Waals surface area contributed by atoms with Crippen LogP contribution < -0.4 is 5.73 Å². The van der Waals surface area contributed by atoms with Crippen molar-refractivity contribution in [2.75, 3.05) is 26.2 Å². The lowest BCUT2D eigenvalue weighted by molar-refractivity contribution is -0.139. The smallest absolute Gasteiger partial charge is 0.0768 e. The van der Waals surface area contributed by atoms with Crippen LogP contribution in [0.25, 0.3) is 0 Å². The maximum absolute atomic E-state index is 11.4. The first-order valence-electron chi connectivity index (χ1n) is 7.78. The molecule has 18 heavy (non-hydrogen) atoms. The normalized spacial score (nSPS) is 51.8. The topological polar surface area (TPSA) is 49.5 Å². The highest BCUT2D eigenvalue weighted by Gasteiger charge is 2.58. The first-order valence-corrected chi connectivity index (χ1v) is 7.78. The average Bonchev–Trinajstić information content (AvgIpc) is 3.01. The van der Waals surface area contributed by atoms with Gasteiger partial charge in [-0.15, -0.1) is 0 Å². The monoisotopic (exact) mass is 252 g/mol. The van der Waals surface area contributed by atoms with Crippen molar-refractivity contribution in [2.24, 2.45) is 23.0 Å². The van der Waals surface area contributed by atoms with Gasteiger partial charge in [0.2, 0.25) is 0 Å². The molecule has 0 spiro atoms. The van der Waals surface area contributed by atoms with Crippen LogP contribution in [0.4, 0.5) is 0 Å². The molecule has 5 unspecified atom stereocenters. The number of rotatable bonds is 3. The van der Waals surface area contributed by atoms with Gasteiger partial charge in [0.1, 0.15) is 0 Å². The molecule has 3 nitrogen and oxygen atoms in total. The Morgan fingerprint density at radius 3 is 2.78 bits per heavy atom. The molecule has 0 aromatic rings. The largest absolute Gasteiger partial charge is 0.389 e. The van der Waals surface area contributed by atoms with Gasteiger partial charge in [0, 0.05) is 31.0 Å². The molecule has 0 amide bonds. The quantitative estimate of drug-likeness (QED) is 0.802. The Hall–Kier alpha value is -0.120. The second-order valence-corrected chi connectivity index (χ2v) is 6.96. The number of nitrogens with zero attached hydrogens (tertiary/aromatic N) is 1. The summed E-state index contributed by atoms with van der Waals surface area (Å²) in [5, 5.41) is 11.4. The van der Waals surface area contributed by atoms with Gasteiger partial charge in [-0.3, -0.25) is 0 Å². The summed E-state index contributed by atoms with van der Waals surface area (Å²) in [6.45, 7) is 6.32. The SMILES string of the molecule is CCC1CCC(CN)(C2(O)CCN3CCC2C3)C1. The summed E-state index contributed by atoms with van der Waals surface area (Å²) in [6.07, 6.45) is 6.95. The van der Waals surface area contributed by atoms with E-state index >= 15 is 0 Å². The van der Waals surface area contributed by atoms with Crippen LogP contribution >= 0.6 is 0 Å². The van der Waals surface area contributed by atoms with E-state index in [-0.39, 0.29) is 5.41 Å². The van der Waals surface area contributed by atoms with E-state index in [0.29, 0.717) is 12.5 Å². The molecule has 1 aliphatic carbocycles. The van der Waals surface area contributed by atoms with Crippen LogP contribution in [0.1, 0.15) is 45.4 Å². The van der Waals surface area contributed by atoms with E-state index < -0.39 is 5.60 Å². The van der Waals surface area contributed by atoms with Crippen molar-refractivity contribution in [1.29, 1.82) is 0 Å². The highest BCUT2D eigenvalue weighted by Crippen LogP contribution is 2.56. The van der Waals surface area contributed by atoms with Crippen LogP contribution in [0, 0.1) is 17.3 Å². The number of piperidine rings is 1. The summed E-state index contributed by atoms with van der Waals surface area (Å²) in [4.78, 5) is 2.51. The summed E-state index contributed by atoms with van der Waals surface area (Å²) >= 11 is 0. The fourth-order valence-electron chi connectivity index (χ4n) is 5.00. The summed E-state index contributed by atoms with van der Waals surface area (Å²) in [7, 11) is 0. The Morgan fingerprint density at radius 2 is 2.11 bits per heavy atom. The fourth-order valence-corrected chi connectivity index (χ4v) is 5.00. The Bertz CT molecular complexity index is 322. The molecule has 3 heteroatoms. The third kappa shape index (κ3) is 1.67. The van der Waals surface area contributed by atoms with Crippen LogP contribution in [-0.2, 0) is 0 Å². The number of fused-ring (bicyclic) bond motifs is 2. The first kappa shape index (κ1) is 12.9. The van der Waals surface area contributed by atoms with Gasteiger partial charge in [0.05, 0.1) is 5.60 Å². The lowest BCUT2D eigenvalue weighted by Gasteiger charge is -2.51. The summed E-state index contributed by atoms with van der Waals surface area (Å²) in [5.41, 5.74) is 5.71. The predicted octanol–water partition coefficient (Wildman–Crippen LogP) is 1.60. The van der Waals surface area contributed by atoms with Crippen molar-refractivity contribution in [3.8, 4) is 0 Å². The van der Waals surface area contributed by atoms with Crippen LogP contribution in [0.15, 0.2) is 0 Å². The summed E-state index contributed by atoms with van der Waals surface area (Å²) in [5.74, 6) is 1.27. The van der Waals surface area contributed by atoms with Crippen LogP contribution in [0.3, 0.4) is 0 Å². The highest BCUT2D eigenvalue weighted by molar-refractivity contribution is 5.11. The second kappa shape index (κ2) is 4.46. The van der Waals surface area contributed by atoms with Gasteiger partial charge in [-0.25, -0.2) is 0 Å². The molecule has 2 heterocycles. The van der Waals surface area contributed by atoms with Crippen molar-refractivity contribution < 1.29 is 5.11 Å². The zero-order valence-corrected chi connectivity index (χ0v) is 11.7. The Kier molecular flexibility index (Phi) is 3.20. The minimum absolute atomic E-state index is 0.0226. The molecule has 0 aromatic carbocycles. The van der Waals surface area contributed by atoms with E-state index in [1.165, 1.54) is 25.8 Å². The molecule has 1 saturated carbocycles. The number of hydrogen-bond donors (Lipinski definition) is 2. The molecule has 2 bridgehead atoms. The molecule has 3 rings (SSSR count). The van der Waals surface area contributed by atoms with Gasteiger partial charge in [-0.1, -0.05) is 13.3 Å². The predicted molar refractivity (Wildman–Crippen MR) is 73.2 cm³/mol. The van der Waals surface area contributed by atoms with Crippen molar-refractivity contribution in [1.82, 2.24) is 4.90 Å². The van der Waals surface area contributed by atoms with Gasteiger partial charge in [-0.2, -0.15) is 0 Å². The molecule has 0 radical (unpaired) electrons. The molecule has 2 saturated heterocycles. The lowest BCUT2D eigenvalue weighted by atomic mass is 9.61. The van der Waals surface area contributed by atoms with Gasteiger partial charge < -0.3 is 15.7 Å². The minimum atomic E-state index is -0.474. The minimum Gasteiger partial charge on any atom is -0.389 e. The molecule has 3 aliphatic rings. The van der Waals surface area contributed by atoms with Crippen molar-refractivity contribution in [2.45, 2.75) is 51.0 Å². The van der Waals surface area contributed by atoms with Crippen molar-refractivity contribution >= 4 is 0 Å². The summed E-state index contributed by atoms with van der Waals surface area (Å²) in [6, 6.07) is 0. The van der Waals surface area contributed by atoms with E-state index in [1.807, 2.05) is 0 Å². The standard InChI is InChI=1S/C15H28N2O/c1-2-12-3-5-14(9-12,11-16)15(18)6-8-17-7-4-13(15)10-17/h12-13,18H,2-11,16H2,1H3. The van der Waals surface area contributed by atoms with Crippen LogP contribution in [-0.4, -0.2) is 41.8 Å². The Balaban J connectivity index is 1.86. The van der Waals surface area contributed by atoms with E-state index in [4.69, 9.17) is 5.73 Å². The first-order chi connectivity index (χ1) is 8.63. The van der Waals surface area contributed by atoms with Crippen molar-refractivity contribution in [3.05, 3.63) is 0 Å². The summed E-state index contributed by atoms with van der Waals surface area (Å²) < 4.78 is 0. The maximum atomic E-state index is 11.4. The zero-order chi connectivity index (χ0) is 12.8. The lowest BCUT2D eigenvalue weighted by Crippen LogP contribution is -2.59. The van der Waals surface area contributed by atoms with Crippen molar-refractivity contribution in [3.63, 3.8) is 0 Å². The average molecular weight is 252 g/mol. The van der Waals surface area contributed by atoms with E-state index in [0.717, 1.165) is 38.3 Å². The molecule has 3 fully saturated rings. The third-order valence-electron chi connectivity index (χ3n) is 6.35. The molecule has 104 valence electrons. The van der Waals surface area contributed by atoms with Gasteiger partial charge in [0.25, 0.3) is 0 Å². The third-order valence-corrected chi connectivity index (χ3v) is 6.35. The zero-order valence-electron chi connectivity index (χ0n) is 11.7. The van der Waals surface area contributed by atoms with E-state index in [2.05, 4.69) is 11.8 Å². The molecule has 5 atom stereocenters. The molecule has 2 aliphatic heterocycles. The fraction of sp³-hybridized carbons (Fsp3) is 1.00. The second-order valence-electron chi connectivity index (χ2n) is 6.96. The molecular weight excluding hydrogens is 224 g/mol. The maximum Gasteiger partial charge on any atom is 0.0768 e. The Morgan fingerprint density at radius 1 is 1.28 bits per heavy atom. The highest BCUT2D eigenvalue weighted by atomic mass is 16.3. The number of hydrogen-bond acceptors (Lipinski definition) is 3. The van der Waals surface area contributed by atoms with Gasteiger partial charge >= 0.3 is 0 Å². The number of nitrogens with two attached hydrogens (primary N) is 1. The molecular formula is C15H28N2O. The Labute approximate surface area is 111 Å².